The molecule has 3 rings (SSSR count). The van der Waals surface area contributed by atoms with Crippen molar-refractivity contribution in [2.75, 3.05) is 0 Å². The van der Waals surface area contributed by atoms with Crippen molar-refractivity contribution < 1.29 is 23.8 Å². The monoisotopic (exact) mass is 296 g/mol. The third-order valence-corrected chi connectivity index (χ3v) is 5.69. The molecule has 0 N–H and O–H groups in total. The number of esters is 2. The second-order valence-electron chi connectivity index (χ2n) is 7.51. The standard InChI is InChI=1S/C16H24O5/c1-7(2)8(3)16(4,5)15(18)21-12-10-6-9-11(19-10)13(12)20-14(9)17/h7-13H,6H2,1-5H3. The van der Waals surface area contributed by atoms with Crippen molar-refractivity contribution >= 4 is 11.9 Å². The summed E-state index contributed by atoms with van der Waals surface area (Å²) in [6, 6.07) is 0. The predicted octanol–water partition coefficient (Wildman–Crippen LogP) is 1.93. The van der Waals surface area contributed by atoms with E-state index < -0.39 is 17.6 Å². The van der Waals surface area contributed by atoms with E-state index in [0.717, 1.165) is 0 Å². The molecule has 0 aromatic carbocycles. The topological polar surface area (TPSA) is 61.8 Å². The van der Waals surface area contributed by atoms with E-state index in [4.69, 9.17) is 14.2 Å². The lowest BCUT2D eigenvalue weighted by Crippen LogP contribution is -2.44. The molecular formula is C16H24O5. The van der Waals surface area contributed by atoms with Gasteiger partial charge in [0.05, 0.1) is 17.4 Å². The van der Waals surface area contributed by atoms with Gasteiger partial charge < -0.3 is 14.2 Å². The van der Waals surface area contributed by atoms with Gasteiger partial charge in [0.25, 0.3) is 0 Å². The molecule has 0 aliphatic carbocycles. The lowest BCUT2D eigenvalue weighted by molar-refractivity contribution is -0.172. The maximum atomic E-state index is 12.6. The van der Waals surface area contributed by atoms with Crippen LogP contribution in [0.25, 0.3) is 0 Å². The smallest absolute Gasteiger partial charge is 0.312 e. The van der Waals surface area contributed by atoms with Gasteiger partial charge in [0.1, 0.15) is 6.10 Å². The fourth-order valence-electron chi connectivity index (χ4n) is 3.68. The molecule has 3 fully saturated rings. The van der Waals surface area contributed by atoms with Crippen molar-refractivity contribution in [1.29, 1.82) is 0 Å². The first kappa shape index (κ1) is 14.8. The Morgan fingerprint density at radius 1 is 1.29 bits per heavy atom. The van der Waals surface area contributed by atoms with Gasteiger partial charge in [-0.25, -0.2) is 0 Å². The lowest BCUT2D eigenvalue weighted by Gasteiger charge is -2.34. The van der Waals surface area contributed by atoms with Crippen molar-refractivity contribution in [3.05, 3.63) is 0 Å². The molecule has 3 aliphatic rings. The summed E-state index contributed by atoms with van der Waals surface area (Å²) in [4.78, 5) is 24.3. The fourth-order valence-corrected chi connectivity index (χ4v) is 3.68. The highest BCUT2D eigenvalue weighted by Gasteiger charge is 2.65. The third-order valence-electron chi connectivity index (χ3n) is 5.69. The zero-order chi connectivity index (χ0) is 15.5. The summed E-state index contributed by atoms with van der Waals surface area (Å²) in [6.45, 7) is 10.1. The molecule has 0 aromatic heterocycles. The van der Waals surface area contributed by atoms with E-state index >= 15 is 0 Å². The Bertz CT molecular complexity index is 469. The number of fused-ring (bicyclic) bond motifs is 1. The summed E-state index contributed by atoms with van der Waals surface area (Å²) in [5, 5.41) is 0. The first-order valence-electron chi connectivity index (χ1n) is 7.80. The van der Waals surface area contributed by atoms with E-state index in [1.807, 2.05) is 13.8 Å². The Morgan fingerprint density at radius 2 is 1.95 bits per heavy atom. The van der Waals surface area contributed by atoms with Gasteiger partial charge in [-0.3, -0.25) is 9.59 Å². The van der Waals surface area contributed by atoms with Gasteiger partial charge >= 0.3 is 11.9 Å². The second kappa shape index (κ2) is 4.70. The van der Waals surface area contributed by atoms with Gasteiger partial charge in [0, 0.05) is 0 Å². The van der Waals surface area contributed by atoms with Crippen LogP contribution >= 0.6 is 0 Å². The lowest BCUT2D eigenvalue weighted by atomic mass is 9.74. The maximum absolute atomic E-state index is 12.6. The van der Waals surface area contributed by atoms with Crippen LogP contribution < -0.4 is 0 Å². The number of ether oxygens (including phenoxy) is 3. The van der Waals surface area contributed by atoms with Crippen LogP contribution in [-0.2, 0) is 23.8 Å². The first-order valence-corrected chi connectivity index (χ1v) is 7.80. The van der Waals surface area contributed by atoms with E-state index in [9.17, 15) is 9.59 Å². The van der Waals surface area contributed by atoms with E-state index in [0.29, 0.717) is 12.3 Å². The summed E-state index contributed by atoms with van der Waals surface area (Å²) >= 11 is 0. The Kier molecular flexibility index (Phi) is 3.32. The quantitative estimate of drug-likeness (QED) is 0.742. The highest BCUT2D eigenvalue weighted by molar-refractivity contribution is 5.79. The minimum absolute atomic E-state index is 0.155. The van der Waals surface area contributed by atoms with Crippen LogP contribution in [0.2, 0.25) is 0 Å². The number of rotatable bonds is 4. The molecule has 6 unspecified atom stereocenters. The maximum Gasteiger partial charge on any atom is 0.312 e. The van der Waals surface area contributed by atoms with Gasteiger partial charge in [-0.2, -0.15) is 0 Å². The van der Waals surface area contributed by atoms with Gasteiger partial charge in [0.2, 0.25) is 0 Å². The van der Waals surface area contributed by atoms with Gasteiger partial charge in [-0.15, -0.1) is 0 Å². The van der Waals surface area contributed by atoms with Crippen LogP contribution in [0.4, 0.5) is 0 Å². The molecule has 0 spiro atoms. The van der Waals surface area contributed by atoms with Crippen LogP contribution in [0.3, 0.4) is 0 Å². The van der Waals surface area contributed by atoms with Gasteiger partial charge in [-0.1, -0.05) is 20.8 Å². The van der Waals surface area contributed by atoms with Crippen molar-refractivity contribution in [2.24, 2.45) is 23.2 Å². The summed E-state index contributed by atoms with van der Waals surface area (Å²) in [6.07, 6.45) is -0.645. The van der Waals surface area contributed by atoms with Crippen molar-refractivity contribution in [3.63, 3.8) is 0 Å². The molecule has 0 radical (unpaired) electrons. The Balaban J connectivity index is 1.70. The second-order valence-corrected chi connectivity index (χ2v) is 7.51. The average Bonchev–Trinajstić information content (AvgIpc) is 3.02. The molecule has 3 heterocycles. The number of carbonyl (C=O) groups excluding carboxylic acids is 2. The van der Waals surface area contributed by atoms with Crippen LogP contribution in [0.5, 0.6) is 0 Å². The van der Waals surface area contributed by atoms with Crippen molar-refractivity contribution in [3.8, 4) is 0 Å². The van der Waals surface area contributed by atoms with E-state index in [1.165, 1.54) is 0 Å². The summed E-state index contributed by atoms with van der Waals surface area (Å²) in [5.74, 6) is -0.0105. The normalized spacial score (nSPS) is 38.8. The first-order chi connectivity index (χ1) is 9.73. The van der Waals surface area contributed by atoms with Crippen molar-refractivity contribution in [1.82, 2.24) is 0 Å². The molecule has 5 nitrogen and oxygen atoms in total. The zero-order valence-corrected chi connectivity index (χ0v) is 13.3. The zero-order valence-electron chi connectivity index (χ0n) is 13.3. The molecule has 0 saturated carbocycles. The van der Waals surface area contributed by atoms with E-state index in [2.05, 4.69) is 20.8 Å². The number of hydrogen-bond donors (Lipinski definition) is 0. The Hall–Kier alpha value is -1.10. The fraction of sp³-hybridized carbons (Fsp3) is 0.875. The van der Waals surface area contributed by atoms with E-state index in [-0.39, 0.29) is 36.0 Å². The molecule has 0 aromatic rings. The Morgan fingerprint density at radius 3 is 2.57 bits per heavy atom. The van der Waals surface area contributed by atoms with Crippen LogP contribution in [0, 0.1) is 23.2 Å². The molecule has 3 saturated heterocycles. The average molecular weight is 296 g/mol. The minimum atomic E-state index is -0.571. The molecule has 21 heavy (non-hydrogen) atoms. The molecule has 3 aliphatic heterocycles. The molecule has 5 heteroatoms. The summed E-state index contributed by atoms with van der Waals surface area (Å²) < 4.78 is 16.8. The number of hydrogen-bond acceptors (Lipinski definition) is 5. The molecule has 6 atom stereocenters. The summed E-state index contributed by atoms with van der Waals surface area (Å²) in [7, 11) is 0. The van der Waals surface area contributed by atoms with Crippen molar-refractivity contribution in [2.45, 2.75) is 65.5 Å². The molecule has 118 valence electrons. The Labute approximate surface area is 125 Å². The molecule has 0 amide bonds. The SMILES string of the molecule is CC(C)C(C)C(C)(C)C(=O)OC1C2CC3C(=O)OC1C3O2. The highest BCUT2D eigenvalue weighted by Crippen LogP contribution is 2.48. The van der Waals surface area contributed by atoms with Crippen LogP contribution in [0.15, 0.2) is 0 Å². The van der Waals surface area contributed by atoms with Crippen LogP contribution in [0.1, 0.15) is 41.0 Å². The van der Waals surface area contributed by atoms with Gasteiger partial charge in [0.15, 0.2) is 12.2 Å². The largest absolute Gasteiger partial charge is 0.455 e. The van der Waals surface area contributed by atoms with Crippen LogP contribution in [-0.4, -0.2) is 36.4 Å². The number of carbonyl (C=O) groups is 2. The van der Waals surface area contributed by atoms with E-state index in [1.54, 1.807) is 0 Å². The predicted molar refractivity (Wildman–Crippen MR) is 74.3 cm³/mol. The minimum Gasteiger partial charge on any atom is -0.455 e. The third kappa shape index (κ3) is 2.08. The molecular weight excluding hydrogens is 272 g/mol. The summed E-state index contributed by atoms with van der Waals surface area (Å²) in [5.41, 5.74) is -0.571. The van der Waals surface area contributed by atoms with Gasteiger partial charge in [-0.05, 0) is 32.1 Å². The molecule has 2 bridgehead atoms. The highest BCUT2D eigenvalue weighted by atomic mass is 16.7.